The number of sulfonamides is 1. The number of methoxy groups -OCH3 is 1. The molecule has 1 rings (SSSR count). The first-order chi connectivity index (χ1) is 8.30. The number of anilines is 1. The monoisotopic (exact) mass is 272 g/mol. The van der Waals surface area contributed by atoms with Crippen molar-refractivity contribution in [2.45, 2.75) is 18.7 Å². The van der Waals surface area contributed by atoms with Gasteiger partial charge in [0.1, 0.15) is 0 Å². The number of likely N-dealkylation sites (N-methyl/N-ethyl adjacent to an activating group) is 1. The van der Waals surface area contributed by atoms with Crippen LogP contribution in [0.1, 0.15) is 11.1 Å². The van der Waals surface area contributed by atoms with Crippen molar-refractivity contribution >= 4 is 15.7 Å². The van der Waals surface area contributed by atoms with Crippen LogP contribution in [0.4, 0.5) is 5.69 Å². The zero-order valence-electron chi connectivity index (χ0n) is 11.2. The maximum atomic E-state index is 12.4. The lowest BCUT2D eigenvalue weighted by molar-refractivity contribution is 0.185. The Labute approximate surface area is 109 Å². The molecule has 0 amide bonds. The van der Waals surface area contributed by atoms with E-state index in [-0.39, 0.29) is 0 Å². The molecule has 0 saturated heterocycles. The van der Waals surface area contributed by atoms with Crippen molar-refractivity contribution < 1.29 is 13.2 Å². The summed E-state index contributed by atoms with van der Waals surface area (Å²) < 4.78 is 31.0. The molecule has 0 aliphatic carbocycles. The minimum absolute atomic E-state index is 0.322. The molecule has 0 heterocycles. The SMILES string of the molecule is COCCN(C)S(=O)(=O)c1c(C)cc(N)cc1C. The van der Waals surface area contributed by atoms with E-state index in [1.165, 1.54) is 4.31 Å². The Kier molecular flexibility index (Phi) is 4.72. The number of nitrogen functional groups attached to an aromatic ring is 1. The number of rotatable bonds is 5. The highest BCUT2D eigenvalue weighted by Crippen LogP contribution is 2.25. The van der Waals surface area contributed by atoms with Crippen molar-refractivity contribution in [3.8, 4) is 0 Å². The Balaban J connectivity index is 3.20. The van der Waals surface area contributed by atoms with E-state index in [2.05, 4.69) is 0 Å². The van der Waals surface area contributed by atoms with E-state index >= 15 is 0 Å². The van der Waals surface area contributed by atoms with E-state index in [4.69, 9.17) is 10.5 Å². The van der Waals surface area contributed by atoms with Crippen molar-refractivity contribution in [2.24, 2.45) is 0 Å². The minimum atomic E-state index is -3.49. The van der Waals surface area contributed by atoms with Crippen molar-refractivity contribution in [1.29, 1.82) is 0 Å². The molecule has 0 fully saturated rings. The fourth-order valence-corrected chi connectivity index (χ4v) is 3.44. The molecule has 0 saturated carbocycles. The number of nitrogens with two attached hydrogens (primary N) is 1. The third-order valence-electron chi connectivity index (χ3n) is 2.76. The van der Waals surface area contributed by atoms with Crippen LogP contribution in [0.5, 0.6) is 0 Å². The first kappa shape index (κ1) is 14.9. The van der Waals surface area contributed by atoms with Gasteiger partial charge in [-0.15, -0.1) is 0 Å². The molecular formula is C12H20N2O3S. The van der Waals surface area contributed by atoms with Crippen molar-refractivity contribution in [2.75, 3.05) is 33.0 Å². The average molecular weight is 272 g/mol. The molecule has 18 heavy (non-hydrogen) atoms. The minimum Gasteiger partial charge on any atom is -0.399 e. The van der Waals surface area contributed by atoms with E-state index in [0.29, 0.717) is 34.9 Å². The van der Waals surface area contributed by atoms with Gasteiger partial charge in [-0.2, -0.15) is 4.31 Å². The Morgan fingerprint density at radius 3 is 2.22 bits per heavy atom. The number of hydrogen-bond acceptors (Lipinski definition) is 4. The summed E-state index contributed by atoms with van der Waals surface area (Å²) in [4.78, 5) is 0.329. The molecule has 2 N–H and O–H groups in total. The van der Waals surface area contributed by atoms with Crippen LogP contribution in [0.2, 0.25) is 0 Å². The van der Waals surface area contributed by atoms with E-state index in [9.17, 15) is 8.42 Å². The van der Waals surface area contributed by atoms with Crippen LogP contribution in [0.3, 0.4) is 0 Å². The standard InChI is InChI=1S/C12H20N2O3S/c1-9-7-11(13)8-10(2)12(9)18(15,16)14(3)5-6-17-4/h7-8H,5-6,13H2,1-4H3. The lowest BCUT2D eigenvalue weighted by atomic mass is 10.1. The van der Waals surface area contributed by atoms with E-state index in [0.717, 1.165) is 0 Å². The second-order valence-corrected chi connectivity index (χ2v) is 6.28. The van der Waals surface area contributed by atoms with Gasteiger partial charge in [-0.3, -0.25) is 0 Å². The zero-order chi connectivity index (χ0) is 13.9. The van der Waals surface area contributed by atoms with Gasteiger partial charge in [-0.1, -0.05) is 0 Å². The third kappa shape index (κ3) is 3.01. The van der Waals surface area contributed by atoms with Gasteiger partial charge < -0.3 is 10.5 Å². The second kappa shape index (κ2) is 5.69. The number of ether oxygens (including phenoxy) is 1. The number of nitrogens with zero attached hydrogens (tertiary/aromatic N) is 1. The summed E-state index contributed by atoms with van der Waals surface area (Å²) in [6.45, 7) is 4.19. The summed E-state index contributed by atoms with van der Waals surface area (Å²) in [6, 6.07) is 3.34. The molecule has 102 valence electrons. The lowest BCUT2D eigenvalue weighted by Crippen LogP contribution is -2.31. The number of benzene rings is 1. The smallest absolute Gasteiger partial charge is 0.243 e. The highest BCUT2D eigenvalue weighted by molar-refractivity contribution is 7.89. The first-order valence-corrected chi connectivity index (χ1v) is 7.06. The van der Waals surface area contributed by atoms with Crippen molar-refractivity contribution in [1.82, 2.24) is 4.31 Å². The summed E-state index contributed by atoms with van der Waals surface area (Å²) in [5.41, 5.74) is 7.60. The van der Waals surface area contributed by atoms with Crippen LogP contribution >= 0.6 is 0 Å². The first-order valence-electron chi connectivity index (χ1n) is 5.62. The third-order valence-corrected chi connectivity index (χ3v) is 4.92. The fraction of sp³-hybridized carbons (Fsp3) is 0.500. The van der Waals surface area contributed by atoms with E-state index < -0.39 is 10.0 Å². The molecule has 0 aliphatic rings. The predicted molar refractivity (Wildman–Crippen MR) is 72.0 cm³/mol. The molecule has 0 atom stereocenters. The predicted octanol–water partition coefficient (Wildman–Crippen LogP) is 1.15. The van der Waals surface area contributed by atoms with E-state index in [1.54, 1.807) is 40.1 Å². The van der Waals surface area contributed by atoms with Gasteiger partial charge >= 0.3 is 0 Å². The Hall–Kier alpha value is -1.11. The molecule has 5 nitrogen and oxygen atoms in total. The van der Waals surface area contributed by atoms with Gasteiger partial charge in [0.2, 0.25) is 10.0 Å². The molecular weight excluding hydrogens is 252 g/mol. The van der Waals surface area contributed by atoms with Gasteiger partial charge in [0.25, 0.3) is 0 Å². The van der Waals surface area contributed by atoms with Crippen LogP contribution in [-0.2, 0) is 14.8 Å². The largest absolute Gasteiger partial charge is 0.399 e. The summed E-state index contributed by atoms with van der Waals surface area (Å²) in [5, 5.41) is 0. The van der Waals surface area contributed by atoms with Crippen LogP contribution in [-0.4, -0.2) is 40.0 Å². The lowest BCUT2D eigenvalue weighted by Gasteiger charge is -2.20. The number of aryl methyl sites for hydroxylation is 2. The van der Waals surface area contributed by atoms with Gasteiger partial charge in [-0.05, 0) is 37.1 Å². The van der Waals surface area contributed by atoms with Crippen LogP contribution in [0.15, 0.2) is 17.0 Å². The van der Waals surface area contributed by atoms with Gasteiger partial charge in [-0.25, -0.2) is 8.42 Å². The Bertz CT molecular complexity index is 503. The van der Waals surface area contributed by atoms with Crippen molar-refractivity contribution in [3.05, 3.63) is 23.3 Å². The molecule has 0 aromatic heterocycles. The summed E-state index contributed by atoms with van der Waals surface area (Å²) in [6.07, 6.45) is 0. The summed E-state index contributed by atoms with van der Waals surface area (Å²) in [5.74, 6) is 0. The normalized spacial score (nSPS) is 12.1. The highest BCUT2D eigenvalue weighted by Gasteiger charge is 2.24. The second-order valence-electron chi connectivity index (χ2n) is 4.30. The maximum absolute atomic E-state index is 12.4. The Morgan fingerprint density at radius 2 is 1.78 bits per heavy atom. The number of hydrogen-bond donors (Lipinski definition) is 1. The molecule has 1 aromatic carbocycles. The van der Waals surface area contributed by atoms with Gasteiger partial charge in [0, 0.05) is 26.4 Å². The fourth-order valence-electron chi connectivity index (χ4n) is 1.89. The van der Waals surface area contributed by atoms with Gasteiger partial charge in [0.15, 0.2) is 0 Å². The van der Waals surface area contributed by atoms with Gasteiger partial charge in [0.05, 0.1) is 11.5 Å². The molecule has 0 unspecified atom stereocenters. The topological polar surface area (TPSA) is 72.6 Å². The molecule has 0 radical (unpaired) electrons. The highest BCUT2D eigenvalue weighted by atomic mass is 32.2. The van der Waals surface area contributed by atoms with Crippen molar-refractivity contribution in [3.63, 3.8) is 0 Å². The average Bonchev–Trinajstić information content (AvgIpc) is 2.23. The molecule has 0 bridgehead atoms. The molecule has 6 heteroatoms. The zero-order valence-corrected chi connectivity index (χ0v) is 12.0. The summed E-state index contributed by atoms with van der Waals surface area (Å²) in [7, 11) is -0.404. The van der Waals surface area contributed by atoms with Crippen LogP contribution in [0, 0.1) is 13.8 Å². The van der Waals surface area contributed by atoms with Crippen LogP contribution < -0.4 is 5.73 Å². The quantitative estimate of drug-likeness (QED) is 0.816. The maximum Gasteiger partial charge on any atom is 0.243 e. The molecule has 1 aromatic rings. The summed E-state index contributed by atoms with van der Waals surface area (Å²) >= 11 is 0. The molecule has 0 aliphatic heterocycles. The van der Waals surface area contributed by atoms with Crippen LogP contribution in [0.25, 0.3) is 0 Å². The Morgan fingerprint density at radius 1 is 1.28 bits per heavy atom. The van der Waals surface area contributed by atoms with E-state index in [1.807, 2.05) is 0 Å². The molecule has 0 spiro atoms.